The first-order valence-corrected chi connectivity index (χ1v) is 10.1. The maximum absolute atomic E-state index is 11.9. The first-order chi connectivity index (χ1) is 12.1. The van der Waals surface area contributed by atoms with Gasteiger partial charge < -0.3 is 15.4 Å². The number of carbonyl (C=O) groups is 1. The average molecular weight is 379 g/mol. The molecule has 0 unspecified atom stereocenters. The lowest BCUT2D eigenvalue weighted by molar-refractivity contribution is -0.119. The highest BCUT2D eigenvalue weighted by molar-refractivity contribution is 8.01. The molecule has 0 bridgehead atoms. The van der Waals surface area contributed by atoms with Gasteiger partial charge in [-0.25, -0.2) is 0 Å². The van der Waals surface area contributed by atoms with Gasteiger partial charge in [-0.3, -0.25) is 4.79 Å². The van der Waals surface area contributed by atoms with Gasteiger partial charge in [0.15, 0.2) is 4.34 Å². The highest BCUT2D eigenvalue weighted by atomic mass is 32.2. The summed E-state index contributed by atoms with van der Waals surface area (Å²) in [7, 11) is 0. The maximum atomic E-state index is 11.9. The summed E-state index contributed by atoms with van der Waals surface area (Å²) in [6, 6.07) is 6.18. The molecule has 1 amide bonds. The minimum atomic E-state index is -0.000585. The van der Waals surface area contributed by atoms with Crippen LogP contribution in [0, 0.1) is 13.8 Å². The second-order valence-corrected chi connectivity index (χ2v) is 8.22. The lowest BCUT2D eigenvalue weighted by atomic mass is 10.1. The Morgan fingerprint density at radius 2 is 2.24 bits per heavy atom. The summed E-state index contributed by atoms with van der Waals surface area (Å²) < 4.78 is 6.27. The van der Waals surface area contributed by atoms with Crippen molar-refractivity contribution in [1.29, 1.82) is 0 Å². The summed E-state index contributed by atoms with van der Waals surface area (Å²) >= 11 is 2.85. The Kier molecular flexibility index (Phi) is 6.28. The largest absolute Gasteiger partial charge is 0.376 e. The molecule has 3 rings (SSSR count). The molecule has 2 aromatic rings. The molecule has 1 aliphatic heterocycles. The zero-order valence-electron chi connectivity index (χ0n) is 14.4. The van der Waals surface area contributed by atoms with Crippen LogP contribution >= 0.6 is 23.1 Å². The monoisotopic (exact) mass is 378 g/mol. The maximum Gasteiger partial charge on any atom is 0.230 e. The molecule has 8 heteroatoms. The molecule has 1 atom stereocenters. The van der Waals surface area contributed by atoms with Crippen molar-refractivity contribution in [1.82, 2.24) is 15.5 Å². The lowest BCUT2D eigenvalue weighted by Gasteiger charge is -2.09. The normalized spacial score (nSPS) is 16.8. The minimum absolute atomic E-state index is 0.000585. The third kappa shape index (κ3) is 5.42. The van der Waals surface area contributed by atoms with Crippen molar-refractivity contribution in [3.05, 3.63) is 29.3 Å². The van der Waals surface area contributed by atoms with Crippen molar-refractivity contribution in [3.63, 3.8) is 0 Å². The van der Waals surface area contributed by atoms with Gasteiger partial charge in [0.25, 0.3) is 0 Å². The lowest BCUT2D eigenvalue weighted by Crippen LogP contribution is -2.32. The first-order valence-electron chi connectivity index (χ1n) is 8.29. The van der Waals surface area contributed by atoms with Gasteiger partial charge in [-0.05, 0) is 49.9 Å². The van der Waals surface area contributed by atoms with Crippen LogP contribution in [0.2, 0.25) is 0 Å². The van der Waals surface area contributed by atoms with Crippen LogP contribution in [0.4, 0.5) is 10.8 Å². The van der Waals surface area contributed by atoms with E-state index in [0.29, 0.717) is 12.3 Å². The van der Waals surface area contributed by atoms with Crippen molar-refractivity contribution in [2.45, 2.75) is 37.1 Å². The molecule has 0 spiro atoms. The SMILES string of the molecule is Cc1ccc(Nc2nnc(SCC(=O)NC[C@H]3CCCO3)s2)cc1C. The van der Waals surface area contributed by atoms with Crippen molar-refractivity contribution in [2.24, 2.45) is 0 Å². The summed E-state index contributed by atoms with van der Waals surface area (Å²) in [4.78, 5) is 11.9. The zero-order chi connectivity index (χ0) is 17.6. The first kappa shape index (κ1) is 18.2. The fraction of sp³-hybridized carbons (Fsp3) is 0.471. The molecule has 0 aliphatic carbocycles. The molecule has 25 heavy (non-hydrogen) atoms. The van der Waals surface area contributed by atoms with E-state index in [9.17, 15) is 4.79 Å². The van der Waals surface area contributed by atoms with E-state index in [-0.39, 0.29) is 12.0 Å². The molecule has 0 saturated carbocycles. The van der Waals surface area contributed by atoms with Crippen LogP contribution < -0.4 is 10.6 Å². The van der Waals surface area contributed by atoms with Crippen LogP contribution in [-0.4, -0.2) is 41.1 Å². The predicted octanol–water partition coefficient (Wildman–Crippen LogP) is 3.29. The van der Waals surface area contributed by atoms with Crippen LogP contribution in [-0.2, 0) is 9.53 Å². The fourth-order valence-corrected chi connectivity index (χ4v) is 4.07. The van der Waals surface area contributed by atoms with Crippen LogP contribution in [0.25, 0.3) is 0 Å². The highest BCUT2D eigenvalue weighted by Crippen LogP contribution is 2.28. The van der Waals surface area contributed by atoms with Gasteiger partial charge in [-0.15, -0.1) is 10.2 Å². The van der Waals surface area contributed by atoms with E-state index in [2.05, 4.69) is 46.8 Å². The molecule has 134 valence electrons. The Hall–Kier alpha value is -1.64. The summed E-state index contributed by atoms with van der Waals surface area (Å²) in [6.07, 6.45) is 2.28. The van der Waals surface area contributed by atoms with Gasteiger partial charge in [-0.1, -0.05) is 29.2 Å². The van der Waals surface area contributed by atoms with E-state index in [0.717, 1.165) is 34.6 Å². The van der Waals surface area contributed by atoms with E-state index in [4.69, 9.17) is 4.74 Å². The van der Waals surface area contributed by atoms with Crippen LogP contribution in [0.1, 0.15) is 24.0 Å². The molecule has 1 aromatic carbocycles. The number of nitrogens with one attached hydrogen (secondary N) is 2. The molecule has 6 nitrogen and oxygen atoms in total. The Balaban J connectivity index is 1.44. The van der Waals surface area contributed by atoms with Crippen LogP contribution in [0.5, 0.6) is 0 Å². The van der Waals surface area contributed by atoms with E-state index in [1.165, 1.54) is 34.2 Å². The number of amides is 1. The van der Waals surface area contributed by atoms with Gasteiger partial charge in [0.1, 0.15) is 0 Å². The van der Waals surface area contributed by atoms with Gasteiger partial charge in [0.2, 0.25) is 11.0 Å². The zero-order valence-corrected chi connectivity index (χ0v) is 16.0. The Morgan fingerprint density at radius 1 is 1.36 bits per heavy atom. The number of thioether (sulfide) groups is 1. The smallest absolute Gasteiger partial charge is 0.230 e. The standard InChI is InChI=1S/C17H22N4O2S2/c1-11-5-6-13(8-12(11)2)19-16-20-21-17(25-16)24-10-15(22)18-9-14-4-3-7-23-14/h5-6,8,14H,3-4,7,9-10H2,1-2H3,(H,18,22)(H,19,20)/t14-/m1/s1. The quantitative estimate of drug-likeness (QED) is 0.720. The van der Waals surface area contributed by atoms with Crippen molar-refractivity contribution in [2.75, 3.05) is 24.2 Å². The van der Waals surface area contributed by atoms with Gasteiger partial charge >= 0.3 is 0 Å². The van der Waals surface area contributed by atoms with Crippen molar-refractivity contribution >= 4 is 39.8 Å². The Morgan fingerprint density at radius 3 is 3.00 bits per heavy atom. The molecule has 1 fully saturated rings. The molecular weight excluding hydrogens is 356 g/mol. The molecule has 1 aliphatic rings. The summed E-state index contributed by atoms with van der Waals surface area (Å²) in [5, 5.41) is 15.2. The number of carbonyl (C=O) groups excluding carboxylic acids is 1. The molecule has 2 N–H and O–H groups in total. The van der Waals surface area contributed by atoms with Gasteiger partial charge in [0.05, 0.1) is 11.9 Å². The van der Waals surface area contributed by atoms with E-state index in [1.807, 2.05) is 6.07 Å². The van der Waals surface area contributed by atoms with Gasteiger partial charge in [-0.2, -0.15) is 0 Å². The van der Waals surface area contributed by atoms with Crippen LogP contribution in [0.3, 0.4) is 0 Å². The Bertz CT molecular complexity index is 729. The van der Waals surface area contributed by atoms with Gasteiger partial charge in [0, 0.05) is 18.8 Å². The number of ether oxygens (including phenoxy) is 1. The van der Waals surface area contributed by atoms with E-state index < -0.39 is 0 Å². The number of nitrogens with zero attached hydrogens (tertiary/aromatic N) is 2. The molecule has 0 radical (unpaired) electrons. The summed E-state index contributed by atoms with van der Waals surface area (Å²) in [5.41, 5.74) is 3.48. The average Bonchev–Trinajstić information content (AvgIpc) is 3.26. The molecule has 1 saturated heterocycles. The Labute approximate surface area is 155 Å². The number of aromatic nitrogens is 2. The topological polar surface area (TPSA) is 76.1 Å². The van der Waals surface area contributed by atoms with Crippen molar-refractivity contribution < 1.29 is 9.53 Å². The summed E-state index contributed by atoms with van der Waals surface area (Å²) in [6.45, 7) is 5.56. The number of benzene rings is 1. The van der Waals surface area contributed by atoms with E-state index in [1.54, 1.807) is 0 Å². The van der Waals surface area contributed by atoms with Crippen LogP contribution in [0.15, 0.2) is 22.5 Å². The number of aryl methyl sites for hydroxylation is 2. The fourth-order valence-electron chi connectivity index (χ4n) is 2.47. The molecule has 2 heterocycles. The predicted molar refractivity (Wildman–Crippen MR) is 102 cm³/mol. The highest BCUT2D eigenvalue weighted by Gasteiger charge is 2.16. The number of hydrogen-bond donors (Lipinski definition) is 2. The number of anilines is 2. The van der Waals surface area contributed by atoms with E-state index >= 15 is 0 Å². The number of rotatable bonds is 7. The molecule has 1 aromatic heterocycles. The second kappa shape index (κ2) is 8.64. The number of hydrogen-bond acceptors (Lipinski definition) is 7. The molecular formula is C17H22N4O2S2. The third-order valence-corrected chi connectivity index (χ3v) is 6.01. The third-order valence-electron chi connectivity index (χ3n) is 4.04. The van der Waals surface area contributed by atoms with Crippen molar-refractivity contribution in [3.8, 4) is 0 Å². The minimum Gasteiger partial charge on any atom is -0.376 e. The second-order valence-electron chi connectivity index (χ2n) is 6.02. The summed E-state index contributed by atoms with van der Waals surface area (Å²) in [5.74, 6) is 0.338.